The van der Waals surface area contributed by atoms with Crippen molar-refractivity contribution < 1.29 is 9.13 Å². The first kappa shape index (κ1) is 13.3. The fraction of sp³-hybridized carbons (Fsp3) is 0.750. The normalized spacial score (nSPS) is 35.8. The van der Waals surface area contributed by atoms with E-state index in [4.69, 9.17) is 4.74 Å². The van der Waals surface area contributed by atoms with Crippen molar-refractivity contribution in [2.75, 3.05) is 13.7 Å². The SMILES string of the molecule is CN1C2CCCC1CC(OCC1=C(F)C=CCC1)C2. The molecule has 3 heteroatoms. The highest BCUT2D eigenvalue weighted by Gasteiger charge is 2.36. The molecule has 0 spiro atoms. The van der Waals surface area contributed by atoms with Crippen molar-refractivity contribution in [3.8, 4) is 0 Å². The van der Waals surface area contributed by atoms with Crippen LogP contribution in [0.15, 0.2) is 23.6 Å². The first-order valence-corrected chi connectivity index (χ1v) is 7.61. The van der Waals surface area contributed by atoms with Crippen LogP contribution in [0, 0.1) is 0 Å². The fourth-order valence-corrected chi connectivity index (χ4v) is 3.74. The van der Waals surface area contributed by atoms with Crippen molar-refractivity contribution in [1.29, 1.82) is 0 Å². The van der Waals surface area contributed by atoms with Crippen molar-refractivity contribution >= 4 is 0 Å². The van der Waals surface area contributed by atoms with Crippen LogP contribution in [-0.2, 0) is 4.74 Å². The van der Waals surface area contributed by atoms with Gasteiger partial charge in [0.05, 0.1) is 12.7 Å². The Kier molecular flexibility index (Phi) is 4.04. The zero-order valence-corrected chi connectivity index (χ0v) is 11.8. The lowest BCUT2D eigenvalue weighted by atomic mass is 9.83. The van der Waals surface area contributed by atoms with Crippen molar-refractivity contribution in [3.05, 3.63) is 23.6 Å². The second kappa shape index (κ2) is 5.76. The molecule has 106 valence electrons. The van der Waals surface area contributed by atoms with Crippen LogP contribution in [0.4, 0.5) is 4.39 Å². The monoisotopic (exact) mass is 265 g/mol. The minimum atomic E-state index is -0.0700. The molecule has 0 aromatic rings. The summed E-state index contributed by atoms with van der Waals surface area (Å²) in [6.07, 6.45) is 11.8. The van der Waals surface area contributed by atoms with E-state index in [2.05, 4.69) is 11.9 Å². The molecule has 0 saturated carbocycles. The number of hydrogen-bond acceptors (Lipinski definition) is 2. The molecular formula is C16H24FNO. The Morgan fingerprint density at radius 1 is 1.32 bits per heavy atom. The van der Waals surface area contributed by atoms with Crippen LogP contribution in [0.1, 0.15) is 44.9 Å². The summed E-state index contributed by atoms with van der Waals surface area (Å²) in [7, 11) is 2.25. The van der Waals surface area contributed by atoms with Gasteiger partial charge in [-0.2, -0.15) is 0 Å². The van der Waals surface area contributed by atoms with E-state index in [-0.39, 0.29) is 5.83 Å². The van der Waals surface area contributed by atoms with Crippen LogP contribution < -0.4 is 0 Å². The maximum Gasteiger partial charge on any atom is 0.124 e. The van der Waals surface area contributed by atoms with Gasteiger partial charge in [0.1, 0.15) is 5.83 Å². The highest BCUT2D eigenvalue weighted by Crippen LogP contribution is 2.34. The maximum absolute atomic E-state index is 13.6. The molecule has 2 aliphatic heterocycles. The van der Waals surface area contributed by atoms with Gasteiger partial charge in [0.2, 0.25) is 0 Å². The predicted octanol–water partition coefficient (Wildman–Crippen LogP) is 3.59. The molecular weight excluding hydrogens is 241 g/mol. The van der Waals surface area contributed by atoms with E-state index in [0.717, 1.165) is 31.3 Å². The molecule has 1 aliphatic carbocycles. The fourth-order valence-electron chi connectivity index (χ4n) is 3.74. The lowest BCUT2D eigenvalue weighted by Crippen LogP contribution is -2.51. The summed E-state index contributed by atoms with van der Waals surface area (Å²) >= 11 is 0. The number of piperidine rings is 2. The summed E-state index contributed by atoms with van der Waals surface area (Å²) in [5.74, 6) is -0.0700. The second-order valence-electron chi connectivity index (χ2n) is 6.20. The van der Waals surface area contributed by atoms with Gasteiger partial charge >= 0.3 is 0 Å². The average molecular weight is 265 g/mol. The third kappa shape index (κ3) is 2.92. The molecule has 2 atom stereocenters. The second-order valence-corrected chi connectivity index (χ2v) is 6.20. The summed E-state index contributed by atoms with van der Waals surface area (Å²) in [5.41, 5.74) is 0.853. The Hall–Kier alpha value is -0.670. The topological polar surface area (TPSA) is 12.5 Å². The third-order valence-corrected chi connectivity index (χ3v) is 5.00. The van der Waals surface area contributed by atoms with Crippen LogP contribution >= 0.6 is 0 Å². The van der Waals surface area contributed by atoms with Crippen LogP contribution in [0.5, 0.6) is 0 Å². The molecule has 0 amide bonds. The molecule has 2 heterocycles. The minimum Gasteiger partial charge on any atom is -0.374 e. The van der Waals surface area contributed by atoms with Crippen LogP contribution in [0.2, 0.25) is 0 Å². The molecule has 19 heavy (non-hydrogen) atoms. The number of rotatable bonds is 3. The smallest absolute Gasteiger partial charge is 0.124 e. The van der Waals surface area contributed by atoms with E-state index in [1.165, 1.54) is 19.3 Å². The van der Waals surface area contributed by atoms with Gasteiger partial charge in [-0.05, 0) is 57.2 Å². The van der Waals surface area contributed by atoms with E-state index in [9.17, 15) is 4.39 Å². The van der Waals surface area contributed by atoms with Crippen molar-refractivity contribution in [2.24, 2.45) is 0 Å². The van der Waals surface area contributed by atoms with E-state index >= 15 is 0 Å². The molecule has 0 aromatic carbocycles. The van der Waals surface area contributed by atoms with Gasteiger partial charge in [-0.1, -0.05) is 12.5 Å². The number of ether oxygens (including phenoxy) is 1. The highest BCUT2D eigenvalue weighted by atomic mass is 19.1. The molecule has 0 aromatic heterocycles. The predicted molar refractivity (Wildman–Crippen MR) is 74.7 cm³/mol. The summed E-state index contributed by atoms with van der Waals surface area (Å²) in [6, 6.07) is 1.37. The lowest BCUT2D eigenvalue weighted by molar-refractivity contribution is -0.0441. The van der Waals surface area contributed by atoms with Crippen molar-refractivity contribution in [2.45, 2.75) is 63.1 Å². The number of nitrogens with zero attached hydrogens (tertiary/aromatic N) is 1. The summed E-state index contributed by atoms with van der Waals surface area (Å²) in [5, 5.41) is 0. The van der Waals surface area contributed by atoms with Crippen molar-refractivity contribution in [1.82, 2.24) is 4.90 Å². The Labute approximate surface area is 115 Å². The molecule has 2 fully saturated rings. The standard InChI is InChI=1S/C16H24FNO/c1-18-13-6-4-7-14(18)10-15(9-13)19-11-12-5-2-3-8-16(12)17/h3,8,13-15H,2,4-7,9-11H2,1H3. The van der Waals surface area contributed by atoms with Crippen LogP contribution in [-0.4, -0.2) is 36.7 Å². The summed E-state index contributed by atoms with van der Waals surface area (Å²) in [6.45, 7) is 0.490. The Bertz CT molecular complexity index is 376. The largest absolute Gasteiger partial charge is 0.374 e. The molecule has 3 aliphatic rings. The van der Waals surface area contributed by atoms with Gasteiger partial charge in [0.15, 0.2) is 0 Å². The van der Waals surface area contributed by atoms with Gasteiger partial charge in [0.25, 0.3) is 0 Å². The lowest BCUT2D eigenvalue weighted by Gasteiger charge is -2.46. The van der Waals surface area contributed by atoms with Crippen molar-refractivity contribution in [3.63, 3.8) is 0 Å². The highest BCUT2D eigenvalue weighted by molar-refractivity contribution is 5.24. The number of allylic oxidation sites excluding steroid dienone is 3. The van der Waals surface area contributed by atoms with Crippen LogP contribution in [0.3, 0.4) is 0 Å². The van der Waals surface area contributed by atoms with Gasteiger partial charge in [-0.3, -0.25) is 0 Å². The van der Waals surface area contributed by atoms with E-state index in [1.54, 1.807) is 6.08 Å². The number of hydrogen-bond donors (Lipinski definition) is 0. The third-order valence-electron chi connectivity index (χ3n) is 5.00. The minimum absolute atomic E-state index is 0.0700. The molecule has 3 rings (SSSR count). The zero-order valence-electron chi connectivity index (χ0n) is 11.8. The van der Waals surface area contributed by atoms with E-state index in [0.29, 0.717) is 24.8 Å². The Morgan fingerprint density at radius 3 is 2.74 bits per heavy atom. The first-order chi connectivity index (χ1) is 9.24. The summed E-state index contributed by atoms with van der Waals surface area (Å²) in [4.78, 5) is 2.53. The Morgan fingerprint density at radius 2 is 2.05 bits per heavy atom. The molecule has 2 saturated heterocycles. The van der Waals surface area contributed by atoms with Crippen LogP contribution in [0.25, 0.3) is 0 Å². The maximum atomic E-state index is 13.6. The van der Waals surface area contributed by atoms with Gasteiger partial charge < -0.3 is 9.64 Å². The van der Waals surface area contributed by atoms with Gasteiger partial charge in [0, 0.05) is 12.1 Å². The first-order valence-electron chi connectivity index (χ1n) is 7.61. The summed E-state index contributed by atoms with van der Waals surface area (Å²) < 4.78 is 19.6. The molecule has 2 nitrogen and oxygen atoms in total. The molecule has 2 bridgehead atoms. The Balaban J connectivity index is 1.55. The molecule has 0 N–H and O–H groups in total. The number of halogens is 1. The zero-order chi connectivity index (χ0) is 13.2. The quantitative estimate of drug-likeness (QED) is 0.773. The molecule has 0 radical (unpaired) electrons. The average Bonchev–Trinajstić information content (AvgIpc) is 2.38. The van der Waals surface area contributed by atoms with E-state index in [1.807, 2.05) is 6.08 Å². The van der Waals surface area contributed by atoms with E-state index < -0.39 is 0 Å². The number of fused-ring (bicyclic) bond motifs is 2. The van der Waals surface area contributed by atoms with Gasteiger partial charge in [-0.25, -0.2) is 4.39 Å². The van der Waals surface area contributed by atoms with Gasteiger partial charge in [-0.15, -0.1) is 0 Å². The molecule has 2 unspecified atom stereocenters.